The average Bonchev–Trinajstić information content (AvgIpc) is 2.25. The molecule has 0 spiro atoms. The van der Waals surface area contributed by atoms with E-state index in [2.05, 4.69) is 5.32 Å². The maximum Gasteiger partial charge on any atom is 0.196 e. The molecule has 1 aromatic carbocycles. The standard InChI is InChI=1S/C8H6Cl3N/c9-7-5-3-1-2-4-6(5)8(10,11)12-7/h1-4,7,12H. The number of alkyl halides is 3. The highest BCUT2D eigenvalue weighted by atomic mass is 35.5. The Bertz CT molecular complexity index is 311. The Labute approximate surface area is 85.6 Å². The molecule has 64 valence electrons. The molecule has 1 atom stereocenters. The van der Waals surface area contributed by atoms with Gasteiger partial charge < -0.3 is 0 Å². The van der Waals surface area contributed by atoms with Crippen molar-refractivity contribution >= 4 is 34.8 Å². The molecule has 0 aliphatic carbocycles. The van der Waals surface area contributed by atoms with Gasteiger partial charge in [-0.3, -0.25) is 5.32 Å². The number of hydrogen-bond donors (Lipinski definition) is 1. The van der Waals surface area contributed by atoms with Crippen molar-refractivity contribution in [1.29, 1.82) is 0 Å². The van der Waals surface area contributed by atoms with Gasteiger partial charge in [-0.1, -0.05) is 47.5 Å². The van der Waals surface area contributed by atoms with Gasteiger partial charge in [0.1, 0.15) is 5.50 Å². The zero-order valence-electron chi connectivity index (χ0n) is 6.02. The summed E-state index contributed by atoms with van der Waals surface area (Å²) in [6, 6.07) is 7.57. The first-order chi connectivity index (χ1) is 5.61. The van der Waals surface area contributed by atoms with Crippen LogP contribution in [0.5, 0.6) is 0 Å². The Morgan fingerprint density at radius 3 is 2.58 bits per heavy atom. The number of rotatable bonds is 0. The predicted molar refractivity (Wildman–Crippen MR) is 51.6 cm³/mol. The summed E-state index contributed by atoms with van der Waals surface area (Å²) in [5.41, 5.74) is 1.49. The van der Waals surface area contributed by atoms with Gasteiger partial charge in [0.2, 0.25) is 0 Å². The third kappa shape index (κ3) is 1.21. The lowest BCUT2D eigenvalue weighted by molar-refractivity contribution is 0.663. The fourth-order valence-corrected chi connectivity index (χ4v) is 2.35. The molecule has 0 fully saturated rings. The second-order valence-electron chi connectivity index (χ2n) is 2.67. The van der Waals surface area contributed by atoms with Crippen molar-refractivity contribution in [2.24, 2.45) is 0 Å². The normalized spacial score (nSPS) is 25.4. The first-order valence-electron chi connectivity index (χ1n) is 3.50. The van der Waals surface area contributed by atoms with Crippen LogP contribution in [0, 0.1) is 0 Å². The summed E-state index contributed by atoms with van der Waals surface area (Å²) in [5.74, 6) is 0. The van der Waals surface area contributed by atoms with E-state index in [1.165, 1.54) is 0 Å². The summed E-state index contributed by atoms with van der Waals surface area (Å²) in [6.07, 6.45) is 0. The monoisotopic (exact) mass is 221 g/mol. The molecule has 1 unspecified atom stereocenters. The SMILES string of the molecule is ClC1NC(Cl)(Cl)c2ccccc21. The lowest BCUT2D eigenvalue weighted by atomic mass is 10.1. The molecule has 1 nitrogen and oxygen atoms in total. The molecule has 0 saturated heterocycles. The Morgan fingerprint density at radius 2 is 1.92 bits per heavy atom. The number of hydrogen-bond acceptors (Lipinski definition) is 1. The van der Waals surface area contributed by atoms with Gasteiger partial charge in [-0.25, -0.2) is 0 Å². The summed E-state index contributed by atoms with van der Waals surface area (Å²) in [7, 11) is 0. The van der Waals surface area contributed by atoms with Crippen LogP contribution < -0.4 is 5.32 Å². The first-order valence-corrected chi connectivity index (χ1v) is 4.69. The van der Waals surface area contributed by atoms with Crippen LogP contribution in [0.4, 0.5) is 0 Å². The Morgan fingerprint density at radius 1 is 1.25 bits per heavy atom. The van der Waals surface area contributed by atoms with Gasteiger partial charge in [-0.15, -0.1) is 11.6 Å². The quantitative estimate of drug-likeness (QED) is 0.525. The minimum atomic E-state index is -1.04. The maximum absolute atomic E-state index is 5.96. The summed E-state index contributed by atoms with van der Waals surface area (Å²) in [5, 5.41) is 2.85. The van der Waals surface area contributed by atoms with Gasteiger partial charge >= 0.3 is 0 Å². The van der Waals surface area contributed by atoms with Crippen LogP contribution in [0.3, 0.4) is 0 Å². The van der Waals surface area contributed by atoms with E-state index in [9.17, 15) is 0 Å². The first kappa shape index (κ1) is 8.64. The topological polar surface area (TPSA) is 12.0 Å². The largest absolute Gasteiger partial charge is 0.262 e. The van der Waals surface area contributed by atoms with E-state index in [4.69, 9.17) is 34.8 Å². The number of fused-ring (bicyclic) bond motifs is 1. The Balaban J connectivity index is 2.58. The van der Waals surface area contributed by atoms with E-state index in [0.717, 1.165) is 11.1 Å². The molecular formula is C8H6Cl3N. The molecule has 1 heterocycles. The number of benzene rings is 1. The van der Waals surface area contributed by atoms with Gasteiger partial charge in [-0.2, -0.15) is 0 Å². The smallest absolute Gasteiger partial charge is 0.196 e. The Hall–Kier alpha value is 0.0500. The zero-order valence-corrected chi connectivity index (χ0v) is 8.29. The molecular weight excluding hydrogens is 216 g/mol. The van der Waals surface area contributed by atoms with Crippen LogP contribution in [0.1, 0.15) is 16.6 Å². The molecule has 1 aromatic rings. The molecule has 0 aromatic heterocycles. The van der Waals surface area contributed by atoms with E-state index in [1.54, 1.807) is 0 Å². The van der Waals surface area contributed by atoms with E-state index < -0.39 is 4.46 Å². The average molecular weight is 223 g/mol. The van der Waals surface area contributed by atoms with Crippen molar-refractivity contribution in [3.05, 3.63) is 35.4 Å². The number of nitrogens with one attached hydrogen (secondary N) is 1. The highest BCUT2D eigenvalue weighted by Gasteiger charge is 2.39. The van der Waals surface area contributed by atoms with Crippen LogP contribution in [0.2, 0.25) is 0 Å². The molecule has 0 bridgehead atoms. The van der Waals surface area contributed by atoms with Gasteiger partial charge in [0, 0.05) is 5.56 Å². The summed E-state index contributed by atoms with van der Waals surface area (Å²) in [6.45, 7) is 0. The van der Waals surface area contributed by atoms with Crippen molar-refractivity contribution < 1.29 is 0 Å². The maximum atomic E-state index is 5.96. The van der Waals surface area contributed by atoms with Crippen LogP contribution in [0.25, 0.3) is 0 Å². The lowest BCUT2D eigenvalue weighted by Crippen LogP contribution is -2.24. The fourth-order valence-electron chi connectivity index (χ4n) is 1.32. The van der Waals surface area contributed by atoms with Gasteiger partial charge in [0.15, 0.2) is 4.46 Å². The molecule has 12 heavy (non-hydrogen) atoms. The highest BCUT2D eigenvalue weighted by molar-refractivity contribution is 6.48. The fraction of sp³-hybridized carbons (Fsp3) is 0.250. The second-order valence-corrected chi connectivity index (χ2v) is 4.43. The molecule has 2 rings (SSSR count). The van der Waals surface area contributed by atoms with Crippen LogP contribution in [0.15, 0.2) is 24.3 Å². The van der Waals surface area contributed by atoms with Crippen LogP contribution in [-0.4, -0.2) is 0 Å². The third-order valence-corrected chi connectivity index (χ3v) is 2.85. The van der Waals surface area contributed by atoms with Crippen molar-refractivity contribution in [3.8, 4) is 0 Å². The van der Waals surface area contributed by atoms with Crippen molar-refractivity contribution in [2.75, 3.05) is 0 Å². The predicted octanol–water partition coefficient (Wildman–Crippen LogP) is 3.12. The minimum Gasteiger partial charge on any atom is -0.262 e. The van der Waals surface area contributed by atoms with Crippen molar-refractivity contribution in [2.45, 2.75) is 9.96 Å². The molecule has 1 aliphatic heterocycles. The van der Waals surface area contributed by atoms with Crippen molar-refractivity contribution in [1.82, 2.24) is 5.32 Å². The van der Waals surface area contributed by atoms with E-state index in [1.807, 2.05) is 24.3 Å². The molecule has 0 saturated carbocycles. The van der Waals surface area contributed by atoms with Gasteiger partial charge in [0.05, 0.1) is 0 Å². The lowest BCUT2D eigenvalue weighted by Gasteiger charge is -2.13. The van der Waals surface area contributed by atoms with Gasteiger partial charge in [0.25, 0.3) is 0 Å². The molecule has 1 aliphatic rings. The minimum absolute atomic E-state index is 0.295. The number of halogens is 3. The van der Waals surface area contributed by atoms with E-state index >= 15 is 0 Å². The highest BCUT2D eigenvalue weighted by Crippen LogP contribution is 2.44. The molecule has 4 heteroatoms. The second kappa shape index (κ2) is 2.78. The zero-order chi connectivity index (χ0) is 8.77. The van der Waals surface area contributed by atoms with Crippen LogP contribution >= 0.6 is 34.8 Å². The molecule has 0 amide bonds. The van der Waals surface area contributed by atoms with Crippen LogP contribution in [-0.2, 0) is 4.46 Å². The van der Waals surface area contributed by atoms with Crippen molar-refractivity contribution in [3.63, 3.8) is 0 Å². The molecule has 1 N–H and O–H groups in total. The van der Waals surface area contributed by atoms with Gasteiger partial charge in [-0.05, 0) is 5.56 Å². The summed E-state index contributed by atoms with van der Waals surface area (Å²) < 4.78 is -1.04. The summed E-state index contributed by atoms with van der Waals surface area (Å²) >= 11 is 17.9. The van der Waals surface area contributed by atoms with E-state index in [0.29, 0.717) is 0 Å². The third-order valence-electron chi connectivity index (χ3n) is 1.88. The summed E-state index contributed by atoms with van der Waals surface area (Å²) in [4.78, 5) is 0. The van der Waals surface area contributed by atoms with E-state index in [-0.39, 0.29) is 5.50 Å². The Kier molecular flexibility index (Phi) is 2.00. The molecule has 0 radical (unpaired) electrons.